The van der Waals surface area contributed by atoms with Crippen molar-refractivity contribution in [1.29, 1.82) is 0 Å². The Labute approximate surface area is 182 Å². The molecule has 9 heteroatoms. The number of hydrogen-bond acceptors (Lipinski definition) is 5. The van der Waals surface area contributed by atoms with Crippen LogP contribution in [0.5, 0.6) is 5.75 Å². The number of nitrogens with zero attached hydrogens (tertiary/aromatic N) is 1. The van der Waals surface area contributed by atoms with Crippen LogP contribution >= 0.6 is 11.6 Å². The van der Waals surface area contributed by atoms with Gasteiger partial charge in [-0.25, -0.2) is 9.18 Å². The molecule has 0 saturated carbocycles. The first-order valence-electron chi connectivity index (χ1n) is 9.83. The van der Waals surface area contributed by atoms with Crippen LogP contribution in [-0.2, 0) is 13.0 Å². The Hall–Kier alpha value is -3.26. The molecule has 1 atom stereocenters. The molecule has 4 N–H and O–H groups in total. The molecule has 1 aromatic heterocycles. The number of nitrogens with two attached hydrogens (primary N) is 1. The smallest absolute Gasteiger partial charge is 0.341 e. The van der Waals surface area contributed by atoms with Crippen molar-refractivity contribution in [1.82, 2.24) is 4.57 Å². The minimum atomic E-state index is -1.39. The Bertz CT molecular complexity index is 1240. The van der Waals surface area contributed by atoms with E-state index in [9.17, 15) is 14.7 Å². The van der Waals surface area contributed by atoms with Crippen molar-refractivity contribution in [3.8, 4) is 5.75 Å². The van der Waals surface area contributed by atoms with E-state index in [1.54, 1.807) is 4.57 Å². The highest BCUT2D eigenvalue weighted by Gasteiger charge is 2.28. The minimum Gasteiger partial charge on any atom is -0.487 e. The summed E-state index contributed by atoms with van der Waals surface area (Å²) in [5.41, 5.74) is 5.77. The van der Waals surface area contributed by atoms with Gasteiger partial charge in [0.25, 0.3) is 0 Å². The molecular formula is C22H21ClFN3O4. The topological polar surface area (TPSA) is 107 Å². The van der Waals surface area contributed by atoms with Crippen molar-refractivity contribution in [2.45, 2.75) is 32.4 Å². The van der Waals surface area contributed by atoms with Gasteiger partial charge in [-0.3, -0.25) is 4.79 Å². The number of benzene rings is 2. The number of halogens is 2. The van der Waals surface area contributed by atoms with Crippen molar-refractivity contribution in [3.05, 3.63) is 62.7 Å². The monoisotopic (exact) mass is 445 g/mol. The second-order valence-electron chi connectivity index (χ2n) is 7.58. The molecule has 2 aromatic carbocycles. The van der Waals surface area contributed by atoms with E-state index in [-0.39, 0.29) is 29.5 Å². The lowest BCUT2D eigenvalue weighted by atomic mass is 10.0. The molecule has 0 amide bonds. The zero-order valence-corrected chi connectivity index (χ0v) is 17.5. The maximum absolute atomic E-state index is 15.2. The molecule has 1 unspecified atom stereocenters. The van der Waals surface area contributed by atoms with E-state index >= 15 is 4.39 Å². The fraction of sp³-hybridized carbons (Fsp3) is 0.273. The number of carboxylic acid groups (broad SMARTS) is 1. The van der Waals surface area contributed by atoms with Crippen molar-refractivity contribution in [3.63, 3.8) is 0 Å². The second kappa shape index (κ2) is 8.11. The summed E-state index contributed by atoms with van der Waals surface area (Å²) in [6.07, 6.45) is 2.70. The molecule has 0 saturated heterocycles. The average Bonchev–Trinajstić information content (AvgIpc) is 2.74. The first-order chi connectivity index (χ1) is 14.8. The van der Waals surface area contributed by atoms with Gasteiger partial charge in [0.15, 0.2) is 11.6 Å². The average molecular weight is 446 g/mol. The predicted octanol–water partition coefficient (Wildman–Crippen LogP) is 3.90. The Morgan fingerprint density at radius 3 is 2.77 bits per heavy atom. The summed E-state index contributed by atoms with van der Waals surface area (Å²) in [6, 6.07) is 7.38. The molecule has 31 heavy (non-hydrogen) atoms. The van der Waals surface area contributed by atoms with E-state index < -0.39 is 28.5 Å². The molecule has 162 valence electrons. The molecular weight excluding hydrogens is 425 g/mol. The zero-order chi connectivity index (χ0) is 22.3. The fourth-order valence-electron chi connectivity index (χ4n) is 3.82. The van der Waals surface area contributed by atoms with E-state index in [0.29, 0.717) is 23.5 Å². The number of nitrogen functional groups attached to an aromatic ring is 1. The Balaban J connectivity index is 1.72. The number of pyridine rings is 1. The molecule has 0 fully saturated rings. The summed E-state index contributed by atoms with van der Waals surface area (Å²) >= 11 is 5.91. The number of carboxylic acids is 1. The summed E-state index contributed by atoms with van der Waals surface area (Å²) in [5.74, 6) is -2.05. The highest BCUT2D eigenvalue weighted by molar-refractivity contribution is 6.30. The normalized spacial score (nSPS) is 13.6. The van der Waals surface area contributed by atoms with Crippen LogP contribution in [0.4, 0.5) is 15.8 Å². The van der Waals surface area contributed by atoms with E-state index in [2.05, 4.69) is 5.32 Å². The Morgan fingerprint density at radius 2 is 2.10 bits per heavy atom. The van der Waals surface area contributed by atoms with Gasteiger partial charge in [0.05, 0.1) is 23.1 Å². The molecule has 0 spiro atoms. The molecule has 0 aliphatic carbocycles. The standard InChI is InChI=1S/C22H21ClFN3O4/c1-11(2-3-12-4-6-13(23)7-5-12)26-18-16(24)17(25)15-19-21(18)31-9-8-27(19)10-14(20(15)28)22(29)30/h4-7,10-11,26H,2-3,8-9,25H2,1H3,(H,29,30). The molecule has 0 bridgehead atoms. The third-order valence-electron chi connectivity index (χ3n) is 5.43. The van der Waals surface area contributed by atoms with Crippen LogP contribution < -0.4 is 21.2 Å². The van der Waals surface area contributed by atoms with Gasteiger partial charge in [-0.15, -0.1) is 0 Å². The third kappa shape index (κ3) is 3.79. The van der Waals surface area contributed by atoms with Gasteiger partial charge in [0.2, 0.25) is 5.43 Å². The van der Waals surface area contributed by atoms with Crippen molar-refractivity contribution >= 4 is 39.8 Å². The maximum Gasteiger partial charge on any atom is 0.341 e. The predicted molar refractivity (Wildman–Crippen MR) is 118 cm³/mol. The number of hydrogen-bond donors (Lipinski definition) is 3. The number of rotatable bonds is 6. The summed E-state index contributed by atoms with van der Waals surface area (Å²) in [6.45, 7) is 2.44. The van der Waals surface area contributed by atoms with Crippen LogP contribution in [0.25, 0.3) is 10.9 Å². The van der Waals surface area contributed by atoms with Gasteiger partial charge in [-0.2, -0.15) is 0 Å². The molecule has 4 rings (SSSR count). The third-order valence-corrected chi connectivity index (χ3v) is 5.68. The van der Waals surface area contributed by atoms with E-state index in [1.165, 1.54) is 6.20 Å². The zero-order valence-electron chi connectivity index (χ0n) is 16.7. The quantitative estimate of drug-likeness (QED) is 0.497. The Morgan fingerprint density at radius 1 is 1.39 bits per heavy atom. The number of aromatic nitrogens is 1. The molecule has 3 aromatic rings. The van der Waals surface area contributed by atoms with Gasteiger partial charge in [-0.1, -0.05) is 23.7 Å². The largest absolute Gasteiger partial charge is 0.487 e. The maximum atomic E-state index is 15.2. The van der Waals surface area contributed by atoms with Crippen LogP contribution in [0.1, 0.15) is 29.3 Å². The molecule has 0 radical (unpaired) electrons. The summed E-state index contributed by atoms with van der Waals surface area (Å²) in [4.78, 5) is 24.1. The second-order valence-corrected chi connectivity index (χ2v) is 8.02. The molecule has 1 aliphatic heterocycles. The summed E-state index contributed by atoms with van der Waals surface area (Å²) in [7, 11) is 0. The first-order valence-corrected chi connectivity index (χ1v) is 10.2. The van der Waals surface area contributed by atoms with Gasteiger partial charge < -0.3 is 25.5 Å². The van der Waals surface area contributed by atoms with Crippen LogP contribution in [0.15, 0.2) is 35.3 Å². The van der Waals surface area contributed by atoms with Crippen molar-refractivity contribution < 1.29 is 19.0 Å². The lowest BCUT2D eigenvalue weighted by molar-refractivity contribution is 0.0694. The van der Waals surface area contributed by atoms with E-state index in [0.717, 1.165) is 12.0 Å². The minimum absolute atomic E-state index is 0.0736. The van der Waals surface area contributed by atoms with Crippen LogP contribution in [0.3, 0.4) is 0 Å². The number of aryl methyl sites for hydroxylation is 1. The van der Waals surface area contributed by atoms with Crippen molar-refractivity contribution in [2.75, 3.05) is 17.7 Å². The van der Waals surface area contributed by atoms with E-state index in [4.69, 9.17) is 22.1 Å². The molecule has 7 nitrogen and oxygen atoms in total. The van der Waals surface area contributed by atoms with E-state index in [1.807, 2.05) is 31.2 Å². The van der Waals surface area contributed by atoms with Crippen LogP contribution in [0.2, 0.25) is 5.02 Å². The van der Waals surface area contributed by atoms with Crippen molar-refractivity contribution in [2.24, 2.45) is 0 Å². The summed E-state index contributed by atoms with van der Waals surface area (Å²) < 4.78 is 22.5. The van der Waals surface area contributed by atoms with Crippen LogP contribution in [-0.4, -0.2) is 28.3 Å². The first kappa shape index (κ1) is 21.0. The fourth-order valence-corrected chi connectivity index (χ4v) is 3.94. The number of carbonyl (C=O) groups is 1. The summed E-state index contributed by atoms with van der Waals surface area (Å²) in [5, 5.41) is 12.9. The lowest BCUT2D eigenvalue weighted by Gasteiger charge is -2.26. The van der Waals surface area contributed by atoms with Gasteiger partial charge in [-0.05, 0) is 37.5 Å². The number of nitrogens with one attached hydrogen (secondary N) is 1. The van der Waals surface area contributed by atoms with Gasteiger partial charge in [0, 0.05) is 17.3 Å². The molecule has 1 aliphatic rings. The molecule has 2 heterocycles. The number of ether oxygens (including phenoxy) is 1. The number of anilines is 2. The highest BCUT2D eigenvalue weighted by atomic mass is 35.5. The van der Waals surface area contributed by atoms with Gasteiger partial charge >= 0.3 is 5.97 Å². The number of aromatic carboxylic acids is 1. The highest BCUT2D eigenvalue weighted by Crippen LogP contribution is 2.41. The van der Waals surface area contributed by atoms with Gasteiger partial charge in [0.1, 0.15) is 17.9 Å². The lowest BCUT2D eigenvalue weighted by Crippen LogP contribution is -2.27. The Kier molecular flexibility index (Phi) is 5.49. The SMILES string of the molecule is CC(CCc1ccc(Cl)cc1)Nc1c(F)c(N)c2c(=O)c(C(=O)O)cn3c2c1OCC3. The van der Waals surface area contributed by atoms with Crippen LogP contribution in [0, 0.1) is 5.82 Å².